The normalized spacial score (nSPS) is 15.7. The number of hydrogen-bond acceptors (Lipinski definition) is 6. The smallest absolute Gasteiger partial charge is 0.261 e. The minimum atomic E-state index is -3.70. The summed E-state index contributed by atoms with van der Waals surface area (Å²) in [7, 11) is -3.70. The molecule has 0 bridgehead atoms. The Morgan fingerprint density at radius 1 is 1.09 bits per heavy atom. The van der Waals surface area contributed by atoms with Crippen LogP contribution in [0.5, 0.6) is 11.6 Å². The highest BCUT2D eigenvalue weighted by Gasteiger charge is 2.17. The van der Waals surface area contributed by atoms with Gasteiger partial charge in [-0.1, -0.05) is 26.0 Å². The molecule has 8 nitrogen and oxygen atoms in total. The van der Waals surface area contributed by atoms with Gasteiger partial charge in [-0.25, -0.2) is 13.4 Å². The van der Waals surface area contributed by atoms with Crippen molar-refractivity contribution >= 4 is 21.6 Å². The van der Waals surface area contributed by atoms with E-state index in [9.17, 15) is 13.2 Å². The molecule has 35 heavy (non-hydrogen) atoms. The van der Waals surface area contributed by atoms with Gasteiger partial charge >= 0.3 is 0 Å². The number of benzene rings is 2. The van der Waals surface area contributed by atoms with Crippen LogP contribution in [0.3, 0.4) is 0 Å². The van der Waals surface area contributed by atoms with Crippen LogP contribution in [0.4, 0.5) is 5.69 Å². The first-order chi connectivity index (χ1) is 16.8. The molecule has 0 saturated carbocycles. The molecule has 1 amide bonds. The monoisotopic (exact) mass is 495 g/mol. The second-order valence-corrected chi connectivity index (χ2v) is 10.4. The van der Waals surface area contributed by atoms with Crippen LogP contribution in [-0.2, 0) is 14.8 Å². The number of ether oxygens (including phenoxy) is 2. The van der Waals surface area contributed by atoms with Gasteiger partial charge in [0.15, 0.2) is 0 Å². The molecule has 1 aliphatic heterocycles. The molecule has 1 unspecified atom stereocenters. The van der Waals surface area contributed by atoms with Crippen LogP contribution >= 0.6 is 0 Å². The summed E-state index contributed by atoms with van der Waals surface area (Å²) < 4.78 is 39.1. The van der Waals surface area contributed by atoms with Gasteiger partial charge in [-0.15, -0.1) is 0 Å². The maximum absolute atomic E-state index is 12.7. The first kappa shape index (κ1) is 24.7. The SMILES string of the molecule is CC(C)c1ccc(S(=O)(=O)Nc2ccc(Oc3ccc(C(=O)NCC4CCCO4)cn3)cc2)cc1. The first-order valence-electron chi connectivity index (χ1n) is 11.6. The largest absolute Gasteiger partial charge is 0.439 e. The highest BCUT2D eigenvalue weighted by atomic mass is 32.2. The van der Waals surface area contributed by atoms with E-state index < -0.39 is 10.0 Å². The number of hydrogen-bond donors (Lipinski definition) is 2. The summed E-state index contributed by atoms with van der Waals surface area (Å²) in [6, 6.07) is 16.6. The van der Waals surface area contributed by atoms with Crippen molar-refractivity contribution in [2.45, 2.75) is 43.6 Å². The summed E-state index contributed by atoms with van der Waals surface area (Å²) >= 11 is 0. The van der Waals surface area contributed by atoms with Gasteiger partial charge in [0.1, 0.15) is 5.75 Å². The van der Waals surface area contributed by atoms with Crippen molar-refractivity contribution in [3.63, 3.8) is 0 Å². The number of pyridine rings is 1. The summed E-state index contributed by atoms with van der Waals surface area (Å²) in [4.78, 5) is 16.7. The Morgan fingerprint density at radius 2 is 1.83 bits per heavy atom. The van der Waals surface area contributed by atoms with Crippen LogP contribution in [0.2, 0.25) is 0 Å². The molecule has 0 aliphatic carbocycles. The molecule has 1 atom stereocenters. The molecule has 1 fully saturated rings. The lowest BCUT2D eigenvalue weighted by Crippen LogP contribution is -2.31. The minimum Gasteiger partial charge on any atom is -0.439 e. The average Bonchev–Trinajstić information content (AvgIpc) is 3.38. The van der Waals surface area contributed by atoms with Gasteiger partial charge in [0.2, 0.25) is 5.88 Å². The molecule has 184 valence electrons. The van der Waals surface area contributed by atoms with Gasteiger partial charge in [0, 0.05) is 31.1 Å². The Balaban J connectivity index is 1.32. The Bertz CT molecular complexity index is 1240. The molecule has 1 saturated heterocycles. The van der Waals surface area contributed by atoms with Crippen molar-refractivity contribution in [3.05, 3.63) is 78.0 Å². The molecule has 1 aromatic heterocycles. The lowest BCUT2D eigenvalue weighted by Gasteiger charge is -2.11. The molecule has 0 spiro atoms. The number of amides is 1. The number of carbonyl (C=O) groups excluding carboxylic acids is 1. The van der Waals surface area contributed by atoms with Crippen molar-refractivity contribution in [1.82, 2.24) is 10.3 Å². The van der Waals surface area contributed by atoms with E-state index in [1.807, 2.05) is 12.1 Å². The molecular formula is C26H29N3O5S. The third-order valence-corrected chi connectivity index (χ3v) is 7.10. The number of anilines is 1. The highest BCUT2D eigenvalue weighted by Crippen LogP contribution is 2.24. The van der Waals surface area contributed by atoms with E-state index in [2.05, 4.69) is 28.9 Å². The van der Waals surface area contributed by atoms with E-state index in [4.69, 9.17) is 9.47 Å². The zero-order chi connectivity index (χ0) is 24.8. The summed E-state index contributed by atoms with van der Waals surface area (Å²) in [5.41, 5.74) is 1.92. The van der Waals surface area contributed by atoms with Gasteiger partial charge in [0.25, 0.3) is 15.9 Å². The van der Waals surface area contributed by atoms with Crippen LogP contribution in [0.1, 0.15) is 48.5 Å². The topological polar surface area (TPSA) is 107 Å². The Labute approximate surface area is 205 Å². The molecule has 3 aromatic rings. The van der Waals surface area contributed by atoms with Crippen molar-refractivity contribution in [1.29, 1.82) is 0 Å². The molecule has 0 radical (unpaired) electrons. The molecule has 1 aliphatic rings. The first-order valence-corrected chi connectivity index (χ1v) is 13.0. The van der Waals surface area contributed by atoms with Crippen LogP contribution in [0.15, 0.2) is 71.8 Å². The maximum Gasteiger partial charge on any atom is 0.261 e. The van der Waals surface area contributed by atoms with Gasteiger partial charge in [-0.05, 0) is 66.8 Å². The second kappa shape index (κ2) is 10.9. The quantitative estimate of drug-likeness (QED) is 0.445. The van der Waals surface area contributed by atoms with Crippen LogP contribution in [0.25, 0.3) is 0 Å². The fourth-order valence-electron chi connectivity index (χ4n) is 3.65. The highest BCUT2D eigenvalue weighted by molar-refractivity contribution is 7.92. The van der Waals surface area contributed by atoms with Gasteiger partial charge < -0.3 is 14.8 Å². The molecule has 4 rings (SSSR count). The third-order valence-electron chi connectivity index (χ3n) is 5.70. The van der Waals surface area contributed by atoms with E-state index in [1.54, 1.807) is 48.5 Å². The molecule has 9 heteroatoms. The van der Waals surface area contributed by atoms with E-state index in [-0.39, 0.29) is 16.9 Å². The predicted octanol–water partition coefficient (Wildman–Crippen LogP) is 4.71. The van der Waals surface area contributed by atoms with Crippen LogP contribution < -0.4 is 14.8 Å². The van der Waals surface area contributed by atoms with E-state index >= 15 is 0 Å². The van der Waals surface area contributed by atoms with Crippen LogP contribution in [-0.4, -0.2) is 38.6 Å². The van der Waals surface area contributed by atoms with Crippen molar-refractivity contribution < 1.29 is 22.7 Å². The lowest BCUT2D eigenvalue weighted by atomic mass is 10.0. The minimum absolute atomic E-state index is 0.0763. The number of sulfonamides is 1. The van der Waals surface area contributed by atoms with E-state index in [0.717, 1.165) is 25.0 Å². The molecule has 2 heterocycles. The average molecular weight is 496 g/mol. The summed E-state index contributed by atoms with van der Waals surface area (Å²) in [6.07, 6.45) is 3.50. The van der Waals surface area contributed by atoms with Gasteiger partial charge in [-0.3, -0.25) is 9.52 Å². The fourth-order valence-corrected chi connectivity index (χ4v) is 4.71. The summed E-state index contributed by atoms with van der Waals surface area (Å²) in [6.45, 7) is 5.34. The van der Waals surface area contributed by atoms with Crippen molar-refractivity contribution in [2.75, 3.05) is 17.9 Å². The zero-order valence-electron chi connectivity index (χ0n) is 19.7. The standard InChI is InChI=1S/C26H29N3O5S/c1-18(2)19-5-12-24(13-6-19)35(31,32)29-21-8-10-22(11-9-21)34-25-14-7-20(16-27-25)26(30)28-17-23-4-3-15-33-23/h5-14,16,18,23,29H,3-4,15,17H2,1-2H3,(H,28,30). The number of rotatable bonds is 9. The van der Waals surface area contributed by atoms with Gasteiger partial charge in [0.05, 0.1) is 16.6 Å². The predicted molar refractivity (Wildman–Crippen MR) is 133 cm³/mol. The number of nitrogens with zero attached hydrogens (tertiary/aromatic N) is 1. The number of aromatic nitrogens is 1. The van der Waals surface area contributed by atoms with Crippen molar-refractivity contribution in [3.8, 4) is 11.6 Å². The van der Waals surface area contributed by atoms with E-state index in [0.29, 0.717) is 35.3 Å². The molecular weight excluding hydrogens is 466 g/mol. The van der Waals surface area contributed by atoms with E-state index in [1.165, 1.54) is 6.20 Å². The Hall–Kier alpha value is -3.43. The molecule has 2 aromatic carbocycles. The summed E-state index contributed by atoms with van der Waals surface area (Å²) in [5, 5.41) is 2.85. The number of nitrogens with one attached hydrogen (secondary N) is 2. The fraction of sp³-hybridized carbons (Fsp3) is 0.308. The lowest BCUT2D eigenvalue weighted by molar-refractivity contribution is 0.0857. The maximum atomic E-state index is 12.7. The second-order valence-electron chi connectivity index (χ2n) is 8.69. The van der Waals surface area contributed by atoms with Crippen LogP contribution in [0, 0.1) is 0 Å². The Kier molecular flexibility index (Phi) is 7.67. The molecule has 2 N–H and O–H groups in total. The van der Waals surface area contributed by atoms with Gasteiger partial charge in [-0.2, -0.15) is 0 Å². The zero-order valence-corrected chi connectivity index (χ0v) is 20.5. The summed E-state index contributed by atoms with van der Waals surface area (Å²) in [5.74, 6) is 0.915. The Morgan fingerprint density at radius 3 is 2.43 bits per heavy atom. The third kappa shape index (κ3) is 6.58. The number of carbonyl (C=O) groups is 1. The van der Waals surface area contributed by atoms with Crippen molar-refractivity contribution in [2.24, 2.45) is 0 Å².